The molecular weight excluding hydrogens is 242 g/mol. The molecule has 19 heavy (non-hydrogen) atoms. The van der Waals surface area contributed by atoms with Crippen molar-refractivity contribution in [1.82, 2.24) is 15.1 Å². The maximum absolute atomic E-state index is 10.6. The molecule has 2 heterocycles. The second-order valence-corrected chi connectivity index (χ2v) is 5.18. The first-order valence-corrected chi connectivity index (χ1v) is 6.68. The molecule has 1 aliphatic carbocycles. The van der Waals surface area contributed by atoms with E-state index in [1.54, 1.807) is 6.20 Å². The van der Waals surface area contributed by atoms with Crippen LogP contribution in [0.5, 0.6) is 0 Å². The van der Waals surface area contributed by atoms with Gasteiger partial charge in [-0.2, -0.15) is 4.98 Å². The molecule has 100 valence electrons. The van der Waals surface area contributed by atoms with E-state index < -0.39 is 5.60 Å². The molecule has 3 rings (SSSR count). The lowest BCUT2D eigenvalue weighted by molar-refractivity contribution is -0.0287. The average molecular weight is 259 g/mol. The van der Waals surface area contributed by atoms with Crippen molar-refractivity contribution in [1.29, 1.82) is 0 Å². The van der Waals surface area contributed by atoms with Crippen LogP contribution < -0.4 is 0 Å². The molecule has 1 N–H and O–H groups in total. The summed E-state index contributed by atoms with van der Waals surface area (Å²) in [7, 11) is 0. The van der Waals surface area contributed by atoms with Crippen molar-refractivity contribution >= 4 is 0 Å². The average Bonchev–Trinajstić information content (AvgIpc) is 2.90. The number of nitrogens with zero attached hydrogens (tertiary/aromatic N) is 3. The van der Waals surface area contributed by atoms with Gasteiger partial charge in [-0.15, -0.1) is 0 Å². The third-order valence-corrected chi connectivity index (χ3v) is 3.73. The first-order valence-electron chi connectivity index (χ1n) is 6.68. The zero-order valence-electron chi connectivity index (χ0n) is 11.0. The molecule has 1 aliphatic rings. The minimum Gasteiger partial charge on any atom is -0.380 e. The van der Waals surface area contributed by atoms with Gasteiger partial charge in [0.25, 0.3) is 5.89 Å². The van der Waals surface area contributed by atoms with Gasteiger partial charge in [0.05, 0.1) is 0 Å². The van der Waals surface area contributed by atoms with Crippen molar-refractivity contribution < 1.29 is 9.63 Å². The second kappa shape index (κ2) is 4.74. The Balaban J connectivity index is 1.93. The van der Waals surface area contributed by atoms with Crippen LogP contribution in [-0.4, -0.2) is 20.2 Å². The Morgan fingerprint density at radius 1 is 1.26 bits per heavy atom. The van der Waals surface area contributed by atoms with Gasteiger partial charge < -0.3 is 9.63 Å². The summed E-state index contributed by atoms with van der Waals surface area (Å²) in [6, 6.07) is 3.82. The quantitative estimate of drug-likeness (QED) is 0.897. The van der Waals surface area contributed by atoms with Crippen molar-refractivity contribution in [2.24, 2.45) is 0 Å². The second-order valence-electron chi connectivity index (χ2n) is 5.18. The van der Waals surface area contributed by atoms with E-state index in [-0.39, 0.29) is 0 Å². The molecule has 2 aromatic rings. The molecule has 0 radical (unpaired) electrons. The molecule has 1 saturated carbocycles. The van der Waals surface area contributed by atoms with E-state index in [1.165, 1.54) is 0 Å². The van der Waals surface area contributed by atoms with Crippen molar-refractivity contribution in [3.63, 3.8) is 0 Å². The lowest BCUT2D eigenvalue weighted by Gasteiger charge is -2.27. The normalized spacial score (nSPS) is 18.4. The predicted molar refractivity (Wildman–Crippen MR) is 69.2 cm³/mol. The molecule has 0 unspecified atom stereocenters. The lowest BCUT2D eigenvalue weighted by atomic mass is 9.85. The molecule has 0 amide bonds. The van der Waals surface area contributed by atoms with Crippen molar-refractivity contribution in [2.75, 3.05) is 0 Å². The van der Waals surface area contributed by atoms with E-state index in [2.05, 4.69) is 15.1 Å². The summed E-state index contributed by atoms with van der Waals surface area (Å²) in [4.78, 5) is 8.61. The number of rotatable bonds is 2. The number of aromatic nitrogens is 3. The number of aliphatic hydroxyl groups is 1. The fourth-order valence-corrected chi connectivity index (χ4v) is 2.58. The van der Waals surface area contributed by atoms with E-state index in [0.29, 0.717) is 30.3 Å². The summed E-state index contributed by atoms with van der Waals surface area (Å²) >= 11 is 0. The Bertz CT molecular complexity index is 574. The van der Waals surface area contributed by atoms with Crippen LogP contribution in [0.25, 0.3) is 11.5 Å². The van der Waals surface area contributed by atoms with Gasteiger partial charge in [0, 0.05) is 6.20 Å². The Hall–Kier alpha value is -1.75. The summed E-state index contributed by atoms with van der Waals surface area (Å²) in [5, 5.41) is 14.5. The molecule has 0 atom stereocenters. The maximum atomic E-state index is 10.6. The molecule has 0 aromatic carbocycles. The van der Waals surface area contributed by atoms with Gasteiger partial charge in [0.15, 0.2) is 0 Å². The molecule has 0 aliphatic heterocycles. The van der Waals surface area contributed by atoms with E-state index in [1.807, 2.05) is 19.1 Å². The highest BCUT2D eigenvalue weighted by Crippen LogP contribution is 2.36. The zero-order valence-corrected chi connectivity index (χ0v) is 11.0. The smallest absolute Gasteiger partial charge is 0.258 e. The largest absolute Gasteiger partial charge is 0.380 e. The maximum Gasteiger partial charge on any atom is 0.258 e. The Morgan fingerprint density at radius 2 is 2.05 bits per heavy atom. The highest BCUT2D eigenvalue weighted by Gasteiger charge is 2.37. The molecule has 5 heteroatoms. The van der Waals surface area contributed by atoms with E-state index >= 15 is 0 Å². The minimum absolute atomic E-state index is 0.326. The van der Waals surface area contributed by atoms with Crippen molar-refractivity contribution in [3.8, 4) is 11.5 Å². The molecule has 2 aromatic heterocycles. The van der Waals surface area contributed by atoms with E-state index in [4.69, 9.17) is 4.52 Å². The van der Waals surface area contributed by atoms with Crippen LogP contribution >= 0.6 is 0 Å². The van der Waals surface area contributed by atoms with Crippen LogP contribution in [0, 0.1) is 6.92 Å². The molecule has 1 fully saturated rings. The fourth-order valence-electron chi connectivity index (χ4n) is 2.58. The van der Waals surface area contributed by atoms with Crippen LogP contribution in [0.2, 0.25) is 0 Å². The monoisotopic (exact) mass is 259 g/mol. The highest BCUT2D eigenvalue weighted by molar-refractivity contribution is 5.53. The van der Waals surface area contributed by atoms with Crippen LogP contribution in [0.15, 0.2) is 22.9 Å². The van der Waals surface area contributed by atoms with Crippen LogP contribution in [0.3, 0.4) is 0 Å². The Morgan fingerprint density at radius 3 is 2.79 bits per heavy atom. The first kappa shape index (κ1) is 12.3. The van der Waals surface area contributed by atoms with Gasteiger partial charge in [-0.05, 0) is 31.4 Å². The third kappa shape index (κ3) is 2.26. The zero-order chi connectivity index (χ0) is 13.3. The Kier molecular flexibility index (Phi) is 3.06. The van der Waals surface area contributed by atoms with Crippen LogP contribution in [0.1, 0.15) is 43.6 Å². The van der Waals surface area contributed by atoms with Crippen LogP contribution in [-0.2, 0) is 5.60 Å². The van der Waals surface area contributed by atoms with E-state index in [9.17, 15) is 5.11 Å². The van der Waals surface area contributed by atoms with Gasteiger partial charge >= 0.3 is 0 Å². The van der Waals surface area contributed by atoms with Gasteiger partial charge in [-0.1, -0.05) is 30.5 Å². The van der Waals surface area contributed by atoms with Gasteiger partial charge in [-0.25, -0.2) is 0 Å². The topological polar surface area (TPSA) is 72.0 Å². The third-order valence-electron chi connectivity index (χ3n) is 3.73. The summed E-state index contributed by atoms with van der Waals surface area (Å²) in [6.07, 6.45) is 6.23. The summed E-state index contributed by atoms with van der Waals surface area (Å²) in [5.41, 5.74) is 0.744. The van der Waals surface area contributed by atoms with Gasteiger partial charge in [-0.3, -0.25) is 4.98 Å². The summed E-state index contributed by atoms with van der Waals surface area (Å²) < 4.78 is 5.27. The molecular formula is C14H17N3O2. The summed E-state index contributed by atoms with van der Waals surface area (Å²) in [6.45, 7) is 1.95. The van der Waals surface area contributed by atoms with Crippen molar-refractivity contribution in [2.45, 2.75) is 44.6 Å². The van der Waals surface area contributed by atoms with Gasteiger partial charge in [0.2, 0.25) is 5.82 Å². The molecule has 0 spiro atoms. The fraction of sp³-hybridized carbons (Fsp3) is 0.500. The molecule has 5 nitrogen and oxygen atoms in total. The number of aryl methyl sites for hydroxylation is 1. The van der Waals surface area contributed by atoms with Crippen LogP contribution in [0.4, 0.5) is 0 Å². The van der Waals surface area contributed by atoms with Crippen molar-refractivity contribution in [3.05, 3.63) is 29.8 Å². The standard InChI is InChI=1S/C14H17N3O2/c1-10-6-5-9-15-11(10)12-16-13(19-17-12)14(18)7-3-2-4-8-14/h5-6,9,18H,2-4,7-8H2,1H3. The molecule has 0 saturated heterocycles. The SMILES string of the molecule is Cc1cccnc1-c1noc(C2(O)CCCCC2)n1. The van der Waals surface area contributed by atoms with Gasteiger partial charge in [0.1, 0.15) is 11.3 Å². The molecule has 0 bridgehead atoms. The highest BCUT2D eigenvalue weighted by atomic mass is 16.5. The minimum atomic E-state index is -0.952. The van der Waals surface area contributed by atoms with E-state index in [0.717, 1.165) is 24.8 Å². The number of pyridine rings is 1. The first-order chi connectivity index (χ1) is 9.19. The number of hydrogen-bond donors (Lipinski definition) is 1. The Labute approximate surface area is 111 Å². The summed E-state index contributed by atoms with van der Waals surface area (Å²) in [5.74, 6) is 0.777. The number of hydrogen-bond acceptors (Lipinski definition) is 5. The predicted octanol–water partition coefficient (Wildman–Crippen LogP) is 2.59. The lowest BCUT2D eigenvalue weighted by Crippen LogP contribution is -2.28.